The molecule has 1 unspecified atom stereocenters. The zero-order valence-electron chi connectivity index (χ0n) is 13.5. The van der Waals surface area contributed by atoms with Gasteiger partial charge < -0.3 is 10.3 Å². The molecule has 1 amide bonds. The molecule has 0 fully saturated rings. The number of para-hydroxylation sites is 2. The van der Waals surface area contributed by atoms with Gasteiger partial charge in [0.05, 0.1) is 17.1 Å². The number of benzene rings is 2. The molecule has 0 radical (unpaired) electrons. The second-order valence-electron chi connectivity index (χ2n) is 5.85. The summed E-state index contributed by atoms with van der Waals surface area (Å²) in [6.45, 7) is 4.08. The molecule has 0 bridgehead atoms. The molecule has 0 saturated carbocycles. The van der Waals surface area contributed by atoms with Gasteiger partial charge in [0.2, 0.25) is 5.91 Å². The van der Waals surface area contributed by atoms with Gasteiger partial charge in [-0.15, -0.1) is 0 Å². The van der Waals surface area contributed by atoms with Gasteiger partial charge in [-0.25, -0.2) is 4.98 Å². The largest absolute Gasteiger partial charge is 0.350 e. The van der Waals surface area contributed by atoms with E-state index in [1.54, 1.807) is 0 Å². The van der Waals surface area contributed by atoms with Crippen LogP contribution in [0.15, 0.2) is 48.5 Å². The predicted octanol–water partition coefficient (Wildman–Crippen LogP) is 3.68. The molecule has 2 aromatic carbocycles. The summed E-state index contributed by atoms with van der Waals surface area (Å²) in [6.07, 6.45) is 1.04. The first-order valence-electron chi connectivity index (χ1n) is 7.92. The average molecular weight is 307 g/mol. The number of aromatic nitrogens is 2. The molecular formula is C19H21N3O. The first-order chi connectivity index (χ1) is 11.1. The number of aryl methyl sites for hydroxylation is 2. The van der Waals surface area contributed by atoms with Crippen LogP contribution in [0.5, 0.6) is 0 Å². The molecule has 118 valence electrons. The Morgan fingerprint density at radius 2 is 1.91 bits per heavy atom. The van der Waals surface area contributed by atoms with Crippen molar-refractivity contribution in [1.82, 2.24) is 15.3 Å². The maximum absolute atomic E-state index is 12.2. The molecule has 4 nitrogen and oxygen atoms in total. The lowest BCUT2D eigenvalue weighted by Crippen LogP contribution is -2.27. The summed E-state index contributed by atoms with van der Waals surface area (Å²) in [4.78, 5) is 19.9. The molecular weight excluding hydrogens is 286 g/mol. The van der Waals surface area contributed by atoms with E-state index in [0.29, 0.717) is 12.8 Å². The number of hydrogen-bond acceptors (Lipinski definition) is 2. The number of H-pyrrole nitrogens is 1. The van der Waals surface area contributed by atoms with Crippen molar-refractivity contribution in [2.75, 3.05) is 0 Å². The van der Waals surface area contributed by atoms with Crippen molar-refractivity contribution in [2.24, 2.45) is 0 Å². The third-order valence-corrected chi connectivity index (χ3v) is 4.06. The van der Waals surface area contributed by atoms with E-state index in [-0.39, 0.29) is 11.9 Å². The lowest BCUT2D eigenvalue weighted by Gasteiger charge is -2.16. The summed E-state index contributed by atoms with van der Waals surface area (Å²) in [5, 5.41) is 3.06. The highest BCUT2D eigenvalue weighted by Crippen LogP contribution is 2.17. The van der Waals surface area contributed by atoms with E-state index in [1.807, 2.05) is 43.3 Å². The van der Waals surface area contributed by atoms with Gasteiger partial charge >= 0.3 is 0 Å². The van der Waals surface area contributed by atoms with Gasteiger partial charge in [-0.1, -0.05) is 36.4 Å². The van der Waals surface area contributed by atoms with Crippen molar-refractivity contribution in [3.63, 3.8) is 0 Å². The molecule has 2 N–H and O–H groups in total. The Morgan fingerprint density at radius 1 is 1.17 bits per heavy atom. The van der Waals surface area contributed by atoms with Crippen LogP contribution < -0.4 is 5.32 Å². The lowest BCUT2D eigenvalue weighted by atomic mass is 10.0. The number of rotatable bonds is 5. The van der Waals surface area contributed by atoms with Gasteiger partial charge in [0.1, 0.15) is 5.82 Å². The molecule has 1 atom stereocenters. The fourth-order valence-electron chi connectivity index (χ4n) is 2.82. The molecule has 1 aromatic heterocycles. The topological polar surface area (TPSA) is 57.8 Å². The fourth-order valence-corrected chi connectivity index (χ4v) is 2.82. The summed E-state index contributed by atoms with van der Waals surface area (Å²) in [7, 11) is 0. The third-order valence-electron chi connectivity index (χ3n) is 4.06. The SMILES string of the molecule is Cc1ccccc1C(C)NC(=O)CCc1nc2ccccc2[nH]1. The second kappa shape index (κ2) is 6.65. The van der Waals surface area contributed by atoms with Crippen LogP contribution in [-0.2, 0) is 11.2 Å². The zero-order valence-corrected chi connectivity index (χ0v) is 13.5. The van der Waals surface area contributed by atoms with E-state index < -0.39 is 0 Å². The molecule has 3 aromatic rings. The average Bonchev–Trinajstić information content (AvgIpc) is 2.96. The number of aromatic amines is 1. The molecule has 0 saturated heterocycles. The zero-order chi connectivity index (χ0) is 16.2. The van der Waals surface area contributed by atoms with Crippen LogP contribution in [-0.4, -0.2) is 15.9 Å². The molecule has 0 aliphatic rings. The van der Waals surface area contributed by atoms with Crippen molar-refractivity contribution in [3.8, 4) is 0 Å². The number of nitrogens with zero attached hydrogens (tertiary/aromatic N) is 1. The summed E-state index contributed by atoms with van der Waals surface area (Å²) in [6, 6.07) is 16.0. The van der Waals surface area contributed by atoms with Gasteiger partial charge in [-0.2, -0.15) is 0 Å². The number of hydrogen-bond donors (Lipinski definition) is 2. The van der Waals surface area contributed by atoms with Crippen molar-refractivity contribution < 1.29 is 4.79 Å². The Bertz CT molecular complexity index is 789. The minimum absolute atomic E-state index is 0.0133. The van der Waals surface area contributed by atoms with Crippen molar-refractivity contribution in [1.29, 1.82) is 0 Å². The molecule has 0 spiro atoms. The summed E-state index contributed by atoms with van der Waals surface area (Å²) in [5.74, 6) is 0.895. The van der Waals surface area contributed by atoms with Crippen LogP contribution in [0.25, 0.3) is 11.0 Å². The van der Waals surface area contributed by atoms with Crippen LogP contribution >= 0.6 is 0 Å². The maximum atomic E-state index is 12.2. The predicted molar refractivity (Wildman–Crippen MR) is 92.2 cm³/mol. The number of nitrogens with one attached hydrogen (secondary N) is 2. The van der Waals surface area contributed by atoms with Gasteiger partial charge in [0.25, 0.3) is 0 Å². The Kier molecular flexibility index (Phi) is 4.42. The number of amides is 1. The molecule has 0 aliphatic heterocycles. The number of imidazole rings is 1. The Morgan fingerprint density at radius 3 is 2.70 bits per heavy atom. The third kappa shape index (κ3) is 3.59. The summed E-state index contributed by atoms with van der Waals surface area (Å²) >= 11 is 0. The summed E-state index contributed by atoms with van der Waals surface area (Å²) < 4.78 is 0. The number of carbonyl (C=O) groups excluding carboxylic acids is 1. The van der Waals surface area contributed by atoms with Gasteiger partial charge in [0, 0.05) is 12.8 Å². The van der Waals surface area contributed by atoms with Crippen molar-refractivity contribution in [2.45, 2.75) is 32.7 Å². The van der Waals surface area contributed by atoms with Crippen molar-refractivity contribution >= 4 is 16.9 Å². The van der Waals surface area contributed by atoms with Gasteiger partial charge in [-0.3, -0.25) is 4.79 Å². The molecule has 1 heterocycles. The monoisotopic (exact) mass is 307 g/mol. The molecule has 4 heteroatoms. The second-order valence-corrected chi connectivity index (χ2v) is 5.85. The minimum atomic E-state index is 0.0133. The molecule has 0 aliphatic carbocycles. The van der Waals surface area contributed by atoms with Gasteiger partial charge in [0.15, 0.2) is 0 Å². The van der Waals surface area contributed by atoms with E-state index in [2.05, 4.69) is 34.3 Å². The van der Waals surface area contributed by atoms with E-state index in [9.17, 15) is 4.79 Å². The highest BCUT2D eigenvalue weighted by atomic mass is 16.1. The molecule has 3 rings (SSSR count). The van der Waals surface area contributed by atoms with Crippen LogP contribution in [0.4, 0.5) is 0 Å². The number of fused-ring (bicyclic) bond motifs is 1. The van der Waals surface area contributed by atoms with Crippen LogP contribution in [0.2, 0.25) is 0 Å². The Hall–Kier alpha value is -2.62. The molecule has 23 heavy (non-hydrogen) atoms. The first kappa shape index (κ1) is 15.3. The van der Waals surface area contributed by atoms with E-state index >= 15 is 0 Å². The van der Waals surface area contributed by atoms with Crippen molar-refractivity contribution in [3.05, 3.63) is 65.5 Å². The van der Waals surface area contributed by atoms with Crippen LogP contribution in [0, 0.1) is 6.92 Å². The van der Waals surface area contributed by atoms with E-state index in [1.165, 1.54) is 5.56 Å². The minimum Gasteiger partial charge on any atom is -0.350 e. The summed E-state index contributed by atoms with van der Waals surface area (Å²) in [5.41, 5.74) is 4.30. The maximum Gasteiger partial charge on any atom is 0.220 e. The Labute approximate surface area is 136 Å². The smallest absolute Gasteiger partial charge is 0.220 e. The standard InChI is InChI=1S/C19H21N3O/c1-13-7-3-4-8-15(13)14(2)20-19(23)12-11-18-21-16-9-5-6-10-17(16)22-18/h3-10,14H,11-12H2,1-2H3,(H,20,23)(H,21,22). The fraction of sp³-hybridized carbons (Fsp3) is 0.263. The Balaban J connectivity index is 1.58. The highest BCUT2D eigenvalue weighted by Gasteiger charge is 2.12. The lowest BCUT2D eigenvalue weighted by molar-refractivity contribution is -0.121. The highest BCUT2D eigenvalue weighted by molar-refractivity contribution is 5.77. The normalized spacial score (nSPS) is 12.3. The van der Waals surface area contributed by atoms with E-state index in [4.69, 9.17) is 0 Å². The first-order valence-corrected chi connectivity index (χ1v) is 7.92. The van der Waals surface area contributed by atoms with Crippen LogP contribution in [0.3, 0.4) is 0 Å². The number of carbonyl (C=O) groups is 1. The van der Waals surface area contributed by atoms with Crippen LogP contribution in [0.1, 0.15) is 36.3 Å². The quantitative estimate of drug-likeness (QED) is 0.755. The van der Waals surface area contributed by atoms with E-state index in [0.717, 1.165) is 22.4 Å². The van der Waals surface area contributed by atoms with Gasteiger partial charge in [-0.05, 0) is 37.1 Å².